The molecule has 1 atom stereocenters. The highest BCUT2D eigenvalue weighted by Crippen LogP contribution is 2.31. The number of benzene rings is 2. The number of piperidine rings is 1. The predicted molar refractivity (Wildman–Crippen MR) is 128 cm³/mol. The number of hydrogen-bond donors (Lipinski definition) is 1. The average Bonchev–Trinajstić information content (AvgIpc) is 2.85. The molecule has 0 spiro atoms. The molecule has 2 aromatic carbocycles. The zero-order valence-corrected chi connectivity index (χ0v) is 19.4. The van der Waals surface area contributed by atoms with Gasteiger partial charge in [-0.1, -0.05) is 30.7 Å². The third kappa shape index (κ3) is 5.31. The molecule has 1 aliphatic heterocycles. The van der Waals surface area contributed by atoms with E-state index in [1.807, 2.05) is 37.3 Å². The van der Waals surface area contributed by atoms with E-state index in [1.165, 1.54) is 5.56 Å². The third-order valence-corrected chi connectivity index (χ3v) is 6.05. The van der Waals surface area contributed by atoms with Gasteiger partial charge >= 0.3 is 0 Å². The van der Waals surface area contributed by atoms with E-state index in [0.717, 1.165) is 43.9 Å². The van der Waals surface area contributed by atoms with E-state index < -0.39 is 0 Å². The van der Waals surface area contributed by atoms with Crippen LogP contribution in [0.2, 0.25) is 0 Å². The Morgan fingerprint density at radius 3 is 2.61 bits per heavy atom. The fraction of sp³-hybridized carbons (Fsp3) is 0.346. The number of nitrogens with one attached hydrogen (secondary N) is 1. The second-order valence-corrected chi connectivity index (χ2v) is 8.21. The van der Waals surface area contributed by atoms with Crippen molar-refractivity contribution in [1.82, 2.24) is 14.9 Å². The van der Waals surface area contributed by atoms with Crippen molar-refractivity contribution in [2.24, 2.45) is 0 Å². The second kappa shape index (κ2) is 10.4. The lowest BCUT2D eigenvalue weighted by atomic mass is 10.00. The summed E-state index contributed by atoms with van der Waals surface area (Å²) in [5, 5.41) is 2.90. The lowest BCUT2D eigenvalue weighted by Gasteiger charge is -2.34. The van der Waals surface area contributed by atoms with Gasteiger partial charge in [0.15, 0.2) is 0 Å². The van der Waals surface area contributed by atoms with Crippen LogP contribution in [-0.4, -0.2) is 41.5 Å². The molecule has 1 amide bonds. The number of ether oxygens (including phenoxy) is 2. The Bertz CT molecular complexity index is 1100. The van der Waals surface area contributed by atoms with Crippen LogP contribution in [0, 0.1) is 6.92 Å². The average molecular weight is 447 g/mol. The predicted octanol–water partition coefficient (Wildman–Crippen LogP) is 4.78. The van der Waals surface area contributed by atoms with Gasteiger partial charge in [0.1, 0.15) is 17.3 Å². The molecule has 0 aliphatic carbocycles. The number of likely N-dealkylation sites (tertiary alicyclic amines) is 1. The number of methoxy groups -OCH3 is 2. The van der Waals surface area contributed by atoms with Crippen molar-refractivity contribution in [3.63, 3.8) is 0 Å². The molecule has 1 saturated heterocycles. The summed E-state index contributed by atoms with van der Waals surface area (Å²) in [5.41, 5.74) is 2.98. The van der Waals surface area contributed by atoms with Crippen LogP contribution in [0.4, 0.5) is 5.69 Å². The maximum absolute atomic E-state index is 12.9. The molecule has 3 aromatic rings. The summed E-state index contributed by atoms with van der Waals surface area (Å²) in [6.45, 7) is 3.68. The van der Waals surface area contributed by atoms with Crippen molar-refractivity contribution >= 4 is 11.6 Å². The van der Waals surface area contributed by atoms with Gasteiger partial charge in [0, 0.05) is 12.7 Å². The number of anilines is 1. The number of rotatable bonds is 7. The Morgan fingerprint density at radius 1 is 1.09 bits per heavy atom. The third-order valence-electron chi connectivity index (χ3n) is 6.05. The van der Waals surface area contributed by atoms with Crippen LogP contribution in [0.25, 0.3) is 0 Å². The molecule has 7 heteroatoms. The Hall–Kier alpha value is -3.45. The molecule has 0 radical (unpaired) electrons. The normalized spacial score (nSPS) is 16.3. The summed E-state index contributed by atoms with van der Waals surface area (Å²) in [6.07, 6.45) is 4.94. The molecule has 0 unspecified atom stereocenters. The van der Waals surface area contributed by atoms with Gasteiger partial charge in [-0.25, -0.2) is 9.97 Å². The minimum absolute atomic E-state index is 0.130. The van der Waals surface area contributed by atoms with Gasteiger partial charge in [0.25, 0.3) is 5.91 Å². The summed E-state index contributed by atoms with van der Waals surface area (Å²) in [6, 6.07) is 15.6. The van der Waals surface area contributed by atoms with Crippen LogP contribution in [0.3, 0.4) is 0 Å². The first-order valence-corrected chi connectivity index (χ1v) is 11.2. The van der Waals surface area contributed by atoms with Gasteiger partial charge in [-0.15, -0.1) is 0 Å². The van der Waals surface area contributed by atoms with Crippen molar-refractivity contribution in [2.75, 3.05) is 26.1 Å². The molecule has 172 valence electrons. The molecule has 0 bridgehead atoms. The molecule has 1 aromatic heterocycles. The Morgan fingerprint density at radius 2 is 1.88 bits per heavy atom. The van der Waals surface area contributed by atoms with E-state index in [1.54, 1.807) is 26.5 Å². The summed E-state index contributed by atoms with van der Waals surface area (Å²) in [5.74, 6) is 1.99. The van der Waals surface area contributed by atoms with Gasteiger partial charge in [-0.3, -0.25) is 9.69 Å². The number of aryl methyl sites for hydroxylation is 1. The van der Waals surface area contributed by atoms with Gasteiger partial charge in [-0.2, -0.15) is 0 Å². The fourth-order valence-electron chi connectivity index (χ4n) is 4.24. The van der Waals surface area contributed by atoms with E-state index >= 15 is 0 Å². The molecule has 4 rings (SSSR count). The number of amides is 1. The lowest BCUT2D eigenvalue weighted by Crippen LogP contribution is -2.34. The topological polar surface area (TPSA) is 76.6 Å². The zero-order chi connectivity index (χ0) is 23.2. The first-order chi connectivity index (χ1) is 16.1. The molecule has 33 heavy (non-hydrogen) atoms. The van der Waals surface area contributed by atoms with Gasteiger partial charge in [0.2, 0.25) is 0 Å². The number of nitrogens with zero attached hydrogens (tertiary/aromatic N) is 3. The Kier molecular flexibility index (Phi) is 7.19. The first kappa shape index (κ1) is 22.7. The minimum atomic E-state index is -0.248. The van der Waals surface area contributed by atoms with E-state index in [4.69, 9.17) is 14.5 Å². The fourth-order valence-corrected chi connectivity index (χ4v) is 4.24. The highest BCUT2D eigenvalue weighted by Gasteiger charge is 2.27. The largest absolute Gasteiger partial charge is 0.497 e. The number of hydrogen-bond acceptors (Lipinski definition) is 6. The van der Waals surface area contributed by atoms with Crippen LogP contribution in [0.1, 0.15) is 52.7 Å². The molecular formula is C26H30N4O3. The monoisotopic (exact) mass is 446 g/mol. The summed E-state index contributed by atoms with van der Waals surface area (Å²) in [4.78, 5) is 24.7. The summed E-state index contributed by atoms with van der Waals surface area (Å²) >= 11 is 0. The van der Waals surface area contributed by atoms with Crippen molar-refractivity contribution in [3.8, 4) is 11.5 Å². The number of para-hydroxylation sites is 2. The number of carbonyl (C=O) groups excluding carboxylic acids is 1. The Labute approximate surface area is 194 Å². The van der Waals surface area contributed by atoms with Crippen LogP contribution >= 0.6 is 0 Å². The molecule has 7 nitrogen and oxygen atoms in total. The van der Waals surface area contributed by atoms with E-state index in [9.17, 15) is 4.79 Å². The maximum Gasteiger partial charge on any atom is 0.259 e. The molecule has 2 heterocycles. The van der Waals surface area contributed by atoms with Gasteiger partial charge in [0.05, 0.1) is 37.2 Å². The second-order valence-electron chi connectivity index (χ2n) is 8.21. The summed E-state index contributed by atoms with van der Waals surface area (Å²) < 4.78 is 10.6. The molecule has 1 N–H and O–H groups in total. The van der Waals surface area contributed by atoms with Crippen LogP contribution < -0.4 is 14.8 Å². The molecule has 1 aliphatic rings. The van der Waals surface area contributed by atoms with Crippen molar-refractivity contribution < 1.29 is 14.3 Å². The zero-order valence-electron chi connectivity index (χ0n) is 19.4. The standard InChI is InChI=1S/C26H30N4O3/c1-18-21(26(31)29-22-8-4-5-10-24(22)33-3)16-27-25(28-18)23-9-6-7-15-30(23)17-19-11-13-20(32-2)14-12-19/h4-5,8,10-14,16,23H,6-7,9,15,17H2,1-3H3,(H,29,31)/t23-/m1/s1. The number of aromatic nitrogens is 2. The quantitative estimate of drug-likeness (QED) is 0.563. The maximum atomic E-state index is 12.9. The van der Waals surface area contributed by atoms with Crippen molar-refractivity contribution in [2.45, 2.75) is 38.8 Å². The van der Waals surface area contributed by atoms with Crippen LogP contribution in [-0.2, 0) is 6.54 Å². The van der Waals surface area contributed by atoms with E-state index in [-0.39, 0.29) is 11.9 Å². The Balaban J connectivity index is 1.50. The molecular weight excluding hydrogens is 416 g/mol. The first-order valence-electron chi connectivity index (χ1n) is 11.2. The lowest BCUT2D eigenvalue weighted by molar-refractivity contribution is 0.102. The van der Waals surface area contributed by atoms with Crippen molar-refractivity contribution in [3.05, 3.63) is 77.4 Å². The number of carbonyl (C=O) groups is 1. The van der Waals surface area contributed by atoms with Gasteiger partial charge < -0.3 is 14.8 Å². The minimum Gasteiger partial charge on any atom is -0.497 e. The molecule has 0 saturated carbocycles. The highest BCUT2D eigenvalue weighted by atomic mass is 16.5. The SMILES string of the molecule is COc1ccc(CN2CCCC[C@@H]2c2ncc(C(=O)Nc3ccccc3OC)c(C)n2)cc1. The smallest absolute Gasteiger partial charge is 0.259 e. The highest BCUT2D eigenvalue weighted by molar-refractivity contribution is 6.05. The van der Waals surface area contributed by atoms with E-state index in [0.29, 0.717) is 22.7 Å². The van der Waals surface area contributed by atoms with E-state index in [2.05, 4.69) is 27.3 Å². The van der Waals surface area contributed by atoms with Crippen LogP contribution in [0.5, 0.6) is 11.5 Å². The van der Waals surface area contributed by atoms with Crippen molar-refractivity contribution in [1.29, 1.82) is 0 Å². The van der Waals surface area contributed by atoms with Gasteiger partial charge in [-0.05, 0) is 56.1 Å². The summed E-state index contributed by atoms with van der Waals surface area (Å²) in [7, 11) is 3.26. The molecule has 1 fully saturated rings. The van der Waals surface area contributed by atoms with Crippen LogP contribution in [0.15, 0.2) is 54.7 Å².